The summed E-state index contributed by atoms with van der Waals surface area (Å²) in [6, 6.07) is 22.7. The molecule has 166 valence electrons. The first kappa shape index (κ1) is 23.1. The van der Waals surface area contributed by atoms with E-state index in [9.17, 15) is 4.79 Å². The van der Waals surface area contributed by atoms with Crippen molar-refractivity contribution in [2.24, 2.45) is 5.92 Å². The number of carbonyl (C=O) groups is 1. The molecule has 1 aliphatic rings. The number of halogens is 2. The number of rotatable bonds is 5. The molecule has 0 aliphatic carbocycles. The first-order valence-electron chi connectivity index (χ1n) is 11.2. The molecule has 0 unspecified atom stereocenters. The van der Waals surface area contributed by atoms with Crippen LogP contribution >= 0.6 is 31.9 Å². The van der Waals surface area contributed by atoms with Gasteiger partial charge in [-0.25, -0.2) is 0 Å². The van der Waals surface area contributed by atoms with Crippen LogP contribution in [0.3, 0.4) is 0 Å². The van der Waals surface area contributed by atoms with Crippen LogP contribution in [-0.4, -0.2) is 11.9 Å². The Morgan fingerprint density at radius 3 is 2.38 bits per heavy atom. The van der Waals surface area contributed by atoms with E-state index in [-0.39, 0.29) is 23.9 Å². The summed E-state index contributed by atoms with van der Waals surface area (Å²) in [5.74, 6) is 0.298. The molecule has 3 aromatic rings. The fourth-order valence-corrected chi connectivity index (χ4v) is 5.87. The minimum Gasteiger partial charge on any atom is -0.377 e. The summed E-state index contributed by atoms with van der Waals surface area (Å²) in [6.45, 7) is 6.54. The zero-order valence-corrected chi connectivity index (χ0v) is 21.8. The molecule has 0 saturated heterocycles. The molecule has 0 saturated carbocycles. The molecule has 0 bridgehead atoms. The fourth-order valence-electron chi connectivity index (χ4n) is 4.71. The van der Waals surface area contributed by atoms with E-state index in [0.717, 1.165) is 44.3 Å². The largest absolute Gasteiger partial charge is 0.377 e. The molecule has 0 spiro atoms. The maximum Gasteiger partial charge on any atom is 0.258 e. The predicted octanol–water partition coefficient (Wildman–Crippen LogP) is 8.00. The molecule has 4 rings (SSSR count). The molecule has 0 fully saturated rings. The van der Waals surface area contributed by atoms with E-state index >= 15 is 0 Å². The van der Waals surface area contributed by atoms with E-state index in [1.165, 1.54) is 5.56 Å². The summed E-state index contributed by atoms with van der Waals surface area (Å²) in [5, 5.41) is 3.76. The van der Waals surface area contributed by atoms with Gasteiger partial charge in [-0.2, -0.15) is 0 Å². The van der Waals surface area contributed by atoms with Crippen LogP contribution in [0.5, 0.6) is 0 Å². The Bertz CT molecular complexity index is 1110. The summed E-state index contributed by atoms with van der Waals surface area (Å²) < 4.78 is 2.04. The Kier molecular flexibility index (Phi) is 7.06. The van der Waals surface area contributed by atoms with Crippen LogP contribution in [0.15, 0.2) is 75.7 Å². The van der Waals surface area contributed by atoms with Crippen molar-refractivity contribution in [2.45, 2.75) is 45.7 Å². The van der Waals surface area contributed by atoms with Crippen molar-refractivity contribution in [3.8, 4) is 0 Å². The minimum absolute atomic E-state index is 0.0714. The summed E-state index contributed by atoms with van der Waals surface area (Å²) >= 11 is 7.22. The molecular formula is C27H28Br2N2O. The zero-order valence-electron chi connectivity index (χ0n) is 18.6. The number of anilines is 2. The lowest BCUT2D eigenvalue weighted by Crippen LogP contribution is -2.50. The Morgan fingerprint density at radius 1 is 1.00 bits per heavy atom. The quantitative estimate of drug-likeness (QED) is 0.346. The van der Waals surface area contributed by atoms with E-state index < -0.39 is 0 Å². The molecule has 1 N–H and O–H groups in total. The van der Waals surface area contributed by atoms with Gasteiger partial charge in [0.1, 0.15) is 0 Å². The van der Waals surface area contributed by atoms with E-state index in [0.29, 0.717) is 0 Å². The van der Waals surface area contributed by atoms with Gasteiger partial charge in [-0.1, -0.05) is 67.0 Å². The summed E-state index contributed by atoms with van der Waals surface area (Å²) in [4.78, 5) is 15.7. The standard InChI is InChI=1S/C27H28Br2N2O/c1-4-18-10-12-19(13-11-18)27(32)31-24(5-2)17(3)26(21-8-6-7-9-25(21)31)30-23-15-14-20(28)16-22(23)29/h6-17,24,26,30H,4-5H2,1-3H3/t17-,24-,26+/m1/s1. The maximum absolute atomic E-state index is 13.7. The van der Waals surface area contributed by atoms with Gasteiger partial charge in [0.15, 0.2) is 0 Å². The van der Waals surface area contributed by atoms with Crippen LogP contribution in [0, 0.1) is 5.92 Å². The van der Waals surface area contributed by atoms with Gasteiger partial charge in [-0.05, 0) is 76.3 Å². The summed E-state index contributed by atoms with van der Waals surface area (Å²) in [5.41, 5.74) is 5.17. The first-order chi connectivity index (χ1) is 15.4. The Labute approximate surface area is 207 Å². The molecule has 1 aliphatic heterocycles. The van der Waals surface area contributed by atoms with E-state index in [2.05, 4.69) is 100 Å². The third kappa shape index (κ3) is 4.38. The third-order valence-corrected chi connectivity index (χ3v) is 7.63. The molecule has 32 heavy (non-hydrogen) atoms. The van der Waals surface area contributed by atoms with Crippen molar-refractivity contribution in [3.63, 3.8) is 0 Å². The highest BCUT2D eigenvalue weighted by Gasteiger charge is 2.40. The highest BCUT2D eigenvalue weighted by Crippen LogP contribution is 2.44. The fraction of sp³-hybridized carbons (Fsp3) is 0.296. The molecule has 5 heteroatoms. The Balaban J connectivity index is 1.75. The number of hydrogen-bond acceptors (Lipinski definition) is 2. The van der Waals surface area contributed by atoms with Crippen molar-refractivity contribution in [3.05, 3.63) is 92.4 Å². The normalized spacial score (nSPS) is 20.0. The van der Waals surface area contributed by atoms with Gasteiger partial charge in [0, 0.05) is 37.8 Å². The van der Waals surface area contributed by atoms with Crippen LogP contribution in [0.25, 0.3) is 0 Å². The summed E-state index contributed by atoms with van der Waals surface area (Å²) in [6.07, 6.45) is 1.85. The number of nitrogens with one attached hydrogen (secondary N) is 1. The Hall–Kier alpha value is -2.11. The number of nitrogens with zero attached hydrogens (tertiary/aromatic N) is 1. The number of fused-ring (bicyclic) bond motifs is 1. The molecule has 3 nitrogen and oxygen atoms in total. The monoisotopic (exact) mass is 554 g/mol. The molecule has 1 heterocycles. The van der Waals surface area contributed by atoms with E-state index in [1.54, 1.807) is 0 Å². The Morgan fingerprint density at radius 2 is 1.72 bits per heavy atom. The third-order valence-electron chi connectivity index (χ3n) is 6.48. The van der Waals surface area contributed by atoms with Crippen molar-refractivity contribution in [2.75, 3.05) is 10.2 Å². The molecule has 3 atom stereocenters. The molecule has 0 radical (unpaired) electrons. The average molecular weight is 556 g/mol. The number of amides is 1. The van der Waals surface area contributed by atoms with Gasteiger partial charge in [-0.15, -0.1) is 0 Å². The number of para-hydroxylation sites is 1. The number of benzene rings is 3. The second-order valence-electron chi connectivity index (χ2n) is 8.37. The zero-order chi connectivity index (χ0) is 22.8. The maximum atomic E-state index is 13.7. The summed E-state index contributed by atoms with van der Waals surface area (Å²) in [7, 11) is 0. The molecular weight excluding hydrogens is 528 g/mol. The van der Waals surface area contributed by atoms with Crippen LogP contribution in [-0.2, 0) is 6.42 Å². The number of aryl methyl sites for hydroxylation is 1. The molecule has 3 aromatic carbocycles. The van der Waals surface area contributed by atoms with Gasteiger partial charge in [0.25, 0.3) is 5.91 Å². The van der Waals surface area contributed by atoms with Crippen LogP contribution in [0.2, 0.25) is 0 Å². The highest BCUT2D eigenvalue weighted by atomic mass is 79.9. The lowest BCUT2D eigenvalue weighted by atomic mass is 9.80. The van der Waals surface area contributed by atoms with Crippen LogP contribution in [0.4, 0.5) is 11.4 Å². The topological polar surface area (TPSA) is 32.3 Å². The van der Waals surface area contributed by atoms with Crippen molar-refractivity contribution in [1.82, 2.24) is 0 Å². The van der Waals surface area contributed by atoms with Crippen molar-refractivity contribution < 1.29 is 4.79 Å². The lowest BCUT2D eigenvalue weighted by Gasteiger charge is -2.45. The molecule has 0 aromatic heterocycles. The minimum atomic E-state index is 0.0714. The second kappa shape index (κ2) is 9.80. The molecule has 1 amide bonds. The average Bonchev–Trinajstić information content (AvgIpc) is 2.81. The van der Waals surface area contributed by atoms with Gasteiger partial charge in [0.05, 0.1) is 6.04 Å². The second-order valence-corrected chi connectivity index (χ2v) is 10.1. The van der Waals surface area contributed by atoms with Crippen LogP contribution < -0.4 is 10.2 Å². The van der Waals surface area contributed by atoms with Gasteiger partial charge >= 0.3 is 0 Å². The first-order valence-corrected chi connectivity index (χ1v) is 12.8. The van der Waals surface area contributed by atoms with Gasteiger partial charge in [0.2, 0.25) is 0 Å². The van der Waals surface area contributed by atoms with Crippen LogP contribution in [0.1, 0.15) is 54.7 Å². The van der Waals surface area contributed by atoms with Gasteiger partial charge < -0.3 is 10.2 Å². The van der Waals surface area contributed by atoms with Crippen molar-refractivity contribution in [1.29, 1.82) is 0 Å². The van der Waals surface area contributed by atoms with E-state index in [1.807, 2.05) is 29.2 Å². The number of carbonyl (C=O) groups excluding carboxylic acids is 1. The van der Waals surface area contributed by atoms with Crippen molar-refractivity contribution >= 4 is 49.1 Å². The van der Waals surface area contributed by atoms with E-state index in [4.69, 9.17) is 0 Å². The predicted molar refractivity (Wildman–Crippen MR) is 141 cm³/mol. The smallest absolute Gasteiger partial charge is 0.258 e. The number of hydrogen-bond donors (Lipinski definition) is 1. The highest BCUT2D eigenvalue weighted by molar-refractivity contribution is 9.11. The SMILES string of the molecule is CCc1ccc(C(=O)N2c3ccccc3[C@@H](Nc3ccc(Br)cc3Br)[C@H](C)[C@H]2CC)cc1. The van der Waals surface area contributed by atoms with Gasteiger partial charge in [-0.3, -0.25) is 4.79 Å². The lowest BCUT2D eigenvalue weighted by molar-refractivity contribution is 0.0960.